The summed E-state index contributed by atoms with van der Waals surface area (Å²) in [5, 5.41) is 0.998. The number of fused-ring (bicyclic) bond motifs is 1. The Morgan fingerprint density at radius 2 is 1.86 bits per heavy atom. The predicted molar refractivity (Wildman–Crippen MR) is 105 cm³/mol. The summed E-state index contributed by atoms with van der Waals surface area (Å²) >= 11 is 0. The van der Waals surface area contributed by atoms with Gasteiger partial charge in [0.2, 0.25) is 5.76 Å². The van der Waals surface area contributed by atoms with Gasteiger partial charge in [0.15, 0.2) is 0 Å². The van der Waals surface area contributed by atoms with Gasteiger partial charge in [0, 0.05) is 22.7 Å². The predicted octanol–water partition coefficient (Wildman–Crippen LogP) is 5.32. The average Bonchev–Trinajstić information content (AvgIpc) is 3.21. The summed E-state index contributed by atoms with van der Waals surface area (Å²) in [4.78, 5) is 17.0. The van der Waals surface area contributed by atoms with Gasteiger partial charge in [0.05, 0.1) is 11.8 Å². The van der Waals surface area contributed by atoms with E-state index in [2.05, 4.69) is 4.98 Å². The molecule has 1 atom stereocenters. The van der Waals surface area contributed by atoms with E-state index in [9.17, 15) is 4.79 Å². The van der Waals surface area contributed by atoms with Crippen LogP contribution in [0, 0.1) is 0 Å². The van der Waals surface area contributed by atoms with Crippen LogP contribution in [0.2, 0.25) is 0 Å². The van der Waals surface area contributed by atoms with Crippen LogP contribution in [0.4, 0.5) is 0 Å². The van der Waals surface area contributed by atoms with Gasteiger partial charge in [-0.15, -0.1) is 0 Å². The van der Waals surface area contributed by atoms with E-state index in [1.165, 1.54) is 6.26 Å². The Kier molecular flexibility index (Phi) is 5.06. The third-order valence-electron chi connectivity index (χ3n) is 4.43. The number of para-hydroxylation sites is 2. The van der Waals surface area contributed by atoms with Gasteiger partial charge in [0.1, 0.15) is 18.5 Å². The summed E-state index contributed by atoms with van der Waals surface area (Å²) in [7, 11) is 0. The van der Waals surface area contributed by atoms with E-state index in [1.807, 2.05) is 67.6 Å². The minimum Gasteiger partial charge on any atom is -0.489 e. The first-order valence-electron chi connectivity index (χ1n) is 9.00. The first-order chi connectivity index (χ1) is 13.7. The van der Waals surface area contributed by atoms with E-state index in [-0.39, 0.29) is 12.4 Å². The number of carbonyl (C=O) groups excluding carboxylic acids is 1. The number of benzene rings is 2. The van der Waals surface area contributed by atoms with Gasteiger partial charge in [-0.25, -0.2) is 4.79 Å². The molecule has 5 heteroatoms. The van der Waals surface area contributed by atoms with Crippen LogP contribution in [0.1, 0.15) is 34.7 Å². The number of aromatic nitrogens is 1. The molecule has 0 spiro atoms. The van der Waals surface area contributed by atoms with Crippen LogP contribution in [-0.4, -0.2) is 11.0 Å². The van der Waals surface area contributed by atoms with E-state index >= 15 is 0 Å². The maximum Gasteiger partial charge on any atom is 0.375 e. The number of carbonyl (C=O) groups is 1. The van der Waals surface area contributed by atoms with Crippen LogP contribution >= 0.6 is 0 Å². The van der Waals surface area contributed by atoms with Crippen molar-refractivity contribution in [3.8, 4) is 5.75 Å². The molecule has 28 heavy (non-hydrogen) atoms. The molecule has 0 saturated heterocycles. The number of furan rings is 1. The van der Waals surface area contributed by atoms with E-state index < -0.39 is 12.1 Å². The molecular formula is C23H19NO4. The highest BCUT2D eigenvalue weighted by molar-refractivity contribution is 5.88. The van der Waals surface area contributed by atoms with Crippen LogP contribution in [0.15, 0.2) is 83.6 Å². The molecule has 4 aromatic rings. The van der Waals surface area contributed by atoms with Crippen molar-refractivity contribution in [3.05, 3.63) is 96.1 Å². The maximum atomic E-state index is 12.6. The molecule has 140 valence electrons. The van der Waals surface area contributed by atoms with Crippen molar-refractivity contribution in [2.45, 2.75) is 19.6 Å². The van der Waals surface area contributed by atoms with Crippen LogP contribution in [0.25, 0.3) is 10.9 Å². The largest absolute Gasteiger partial charge is 0.489 e. The summed E-state index contributed by atoms with van der Waals surface area (Å²) in [6, 6.07) is 20.9. The average molecular weight is 373 g/mol. The number of ether oxygens (including phenoxy) is 2. The molecule has 0 aliphatic carbocycles. The summed E-state index contributed by atoms with van der Waals surface area (Å²) < 4.78 is 16.6. The van der Waals surface area contributed by atoms with Gasteiger partial charge < -0.3 is 13.9 Å². The van der Waals surface area contributed by atoms with E-state index in [4.69, 9.17) is 13.9 Å². The SMILES string of the molecule is CC(OC(=O)c1occc1COc1ccccc1)c1cnc2ccccc2c1. The van der Waals surface area contributed by atoms with Crippen LogP contribution in [0.5, 0.6) is 5.75 Å². The van der Waals surface area contributed by atoms with Crippen molar-refractivity contribution in [2.24, 2.45) is 0 Å². The smallest absolute Gasteiger partial charge is 0.375 e. The van der Waals surface area contributed by atoms with Crippen LogP contribution in [0.3, 0.4) is 0 Å². The van der Waals surface area contributed by atoms with E-state index in [1.54, 1.807) is 12.3 Å². The molecular weight excluding hydrogens is 354 g/mol. The topological polar surface area (TPSA) is 61.6 Å². The summed E-state index contributed by atoms with van der Waals surface area (Å²) in [5.74, 6) is 0.340. The Morgan fingerprint density at radius 3 is 2.71 bits per heavy atom. The van der Waals surface area contributed by atoms with Crippen molar-refractivity contribution in [1.82, 2.24) is 4.98 Å². The molecule has 5 nitrogen and oxygen atoms in total. The molecule has 1 unspecified atom stereocenters. The molecule has 0 aliphatic rings. The second-order valence-corrected chi connectivity index (χ2v) is 6.39. The first-order valence-corrected chi connectivity index (χ1v) is 9.00. The molecule has 0 radical (unpaired) electrons. The molecule has 2 aromatic heterocycles. The fourth-order valence-corrected chi connectivity index (χ4v) is 2.90. The Balaban J connectivity index is 1.45. The second-order valence-electron chi connectivity index (χ2n) is 6.39. The first kappa shape index (κ1) is 17.8. The Labute approximate surface area is 162 Å². The lowest BCUT2D eigenvalue weighted by molar-refractivity contribution is 0.0297. The number of rotatable bonds is 6. The molecule has 2 heterocycles. The third kappa shape index (κ3) is 3.88. The molecule has 0 aliphatic heterocycles. The minimum absolute atomic E-state index is 0.150. The monoisotopic (exact) mass is 373 g/mol. The summed E-state index contributed by atoms with van der Waals surface area (Å²) in [6.07, 6.45) is 2.72. The Hall–Kier alpha value is -3.60. The number of nitrogens with zero attached hydrogens (tertiary/aromatic N) is 1. The van der Waals surface area contributed by atoms with Gasteiger partial charge in [-0.3, -0.25) is 4.98 Å². The standard InChI is InChI=1S/C23H19NO4/c1-16(19-13-17-7-5-6-10-21(17)24-14-19)28-23(25)22-18(11-12-26-22)15-27-20-8-3-2-4-9-20/h2-14,16H,15H2,1H3. The van der Waals surface area contributed by atoms with Crippen LogP contribution < -0.4 is 4.74 Å². The number of pyridine rings is 1. The normalized spacial score (nSPS) is 11.9. The van der Waals surface area contributed by atoms with Gasteiger partial charge in [-0.2, -0.15) is 0 Å². The minimum atomic E-state index is -0.530. The van der Waals surface area contributed by atoms with Crippen LogP contribution in [-0.2, 0) is 11.3 Å². The maximum absolute atomic E-state index is 12.6. The Bertz CT molecular complexity index is 1090. The quantitative estimate of drug-likeness (QED) is 0.428. The highest BCUT2D eigenvalue weighted by atomic mass is 16.6. The molecule has 0 fully saturated rings. The molecule has 0 saturated carbocycles. The van der Waals surface area contributed by atoms with Crippen molar-refractivity contribution in [3.63, 3.8) is 0 Å². The fraction of sp³-hybridized carbons (Fsp3) is 0.130. The van der Waals surface area contributed by atoms with E-state index in [0.29, 0.717) is 5.56 Å². The number of hydrogen-bond acceptors (Lipinski definition) is 5. The molecule has 4 rings (SSSR count). The molecule has 0 N–H and O–H groups in total. The van der Waals surface area contributed by atoms with Gasteiger partial charge in [0.25, 0.3) is 0 Å². The van der Waals surface area contributed by atoms with Gasteiger partial charge >= 0.3 is 5.97 Å². The number of esters is 1. The second kappa shape index (κ2) is 7.96. The zero-order valence-corrected chi connectivity index (χ0v) is 15.4. The van der Waals surface area contributed by atoms with Gasteiger partial charge in [-0.1, -0.05) is 36.4 Å². The zero-order chi connectivity index (χ0) is 19.3. The highest BCUT2D eigenvalue weighted by Gasteiger charge is 2.21. The van der Waals surface area contributed by atoms with Crippen molar-refractivity contribution in [1.29, 1.82) is 0 Å². The highest BCUT2D eigenvalue weighted by Crippen LogP contribution is 2.23. The number of hydrogen-bond donors (Lipinski definition) is 0. The van der Waals surface area contributed by atoms with Crippen molar-refractivity contribution >= 4 is 16.9 Å². The lowest BCUT2D eigenvalue weighted by Gasteiger charge is -2.14. The van der Waals surface area contributed by atoms with E-state index in [0.717, 1.165) is 22.2 Å². The van der Waals surface area contributed by atoms with Crippen molar-refractivity contribution in [2.75, 3.05) is 0 Å². The Morgan fingerprint density at radius 1 is 1.07 bits per heavy atom. The lowest BCUT2D eigenvalue weighted by Crippen LogP contribution is -2.11. The zero-order valence-electron chi connectivity index (χ0n) is 15.4. The fourth-order valence-electron chi connectivity index (χ4n) is 2.90. The molecule has 0 bridgehead atoms. The summed E-state index contributed by atoms with van der Waals surface area (Å²) in [6.45, 7) is 2.03. The third-order valence-corrected chi connectivity index (χ3v) is 4.43. The van der Waals surface area contributed by atoms with Gasteiger partial charge in [-0.05, 0) is 37.3 Å². The molecule has 2 aromatic carbocycles. The molecule has 0 amide bonds. The lowest BCUT2D eigenvalue weighted by atomic mass is 10.1. The van der Waals surface area contributed by atoms with Crippen molar-refractivity contribution < 1.29 is 18.7 Å². The summed E-state index contributed by atoms with van der Waals surface area (Å²) in [5.41, 5.74) is 2.36.